The summed E-state index contributed by atoms with van der Waals surface area (Å²) in [6, 6.07) is 9.48. The zero-order chi connectivity index (χ0) is 32.6. The Kier molecular flexibility index (Phi) is 9.08. The van der Waals surface area contributed by atoms with E-state index in [9.17, 15) is 9.90 Å². The van der Waals surface area contributed by atoms with Gasteiger partial charge in [-0.1, -0.05) is 23.4 Å². The number of aliphatic hydroxyl groups excluding tert-OH is 1. The highest BCUT2D eigenvalue weighted by molar-refractivity contribution is 7.99. The molecule has 2 atom stereocenters. The summed E-state index contributed by atoms with van der Waals surface area (Å²) in [5.41, 5.74) is 2.11. The number of amides is 1. The quantitative estimate of drug-likeness (QED) is 0.243. The fraction of sp³-hybridized carbons (Fsp3) is 0.455. The molecule has 5 heterocycles. The van der Waals surface area contributed by atoms with Gasteiger partial charge in [-0.3, -0.25) is 0 Å². The van der Waals surface area contributed by atoms with Gasteiger partial charge >= 0.3 is 6.09 Å². The molecule has 0 aliphatic carbocycles. The topological polar surface area (TPSA) is 123 Å². The Morgan fingerprint density at radius 2 is 1.93 bits per heavy atom. The first-order valence-electron chi connectivity index (χ1n) is 15.3. The molecule has 13 heteroatoms. The Hall–Kier alpha value is -3.58. The first-order valence-corrected chi connectivity index (χ1v) is 16.5. The number of pyridine rings is 1. The van der Waals surface area contributed by atoms with Crippen molar-refractivity contribution in [1.82, 2.24) is 24.7 Å². The number of imidazole rings is 1. The van der Waals surface area contributed by atoms with Crippen molar-refractivity contribution in [2.75, 3.05) is 31.7 Å². The van der Waals surface area contributed by atoms with Crippen LogP contribution in [0.25, 0.3) is 16.9 Å². The second-order valence-electron chi connectivity index (χ2n) is 12.8. The maximum atomic E-state index is 12.6. The molecule has 244 valence electrons. The number of hydrogen-bond donors (Lipinski definition) is 2. The molecule has 4 aromatic rings. The van der Waals surface area contributed by atoms with Crippen LogP contribution >= 0.6 is 23.4 Å². The SMILES string of the molecule is COc1ccc(-c2cn3ccc(Sc4cnc(N5CCC6(CC5)CO[C@@H](C)[C@H]6NC(=O)OC(C)(C)C)c(CO)n4)c(Cl)c3n2)cc1. The first-order chi connectivity index (χ1) is 22.0. The average molecular weight is 667 g/mol. The summed E-state index contributed by atoms with van der Waals surface area (Å²) in [6.45, 7) is 9.25. The second-order valence-corrected chi connectivity index (χ2v) is 14.2. The first kappa shape index (κ1) is 32.4. The third-order valence-electron chi connectivity index (χ3n) is 8.58. The van der Waals surface area contributed by atoms with E-state index in [-0.39, 0.29) is 24.2 Å². The molecular weight excluding hydrogens is 628 g/mol. The van der Waals surface area contributed by atoms with Crippen LogP contribution in [0.2, 0.25) is 5.02 Å². The number of halogens is 1. The molecule has 1 aromatic carbocycles. The smallest absolute Gasteiger partial charge is 0.407 e. The Labute approximate surface area is 277 Å². The van der Waals surface area contributed by atoms with E-state index >= 15 is 0 Å². The number of aliphatic hydroxyl groups is 1. The van der Waals surface area contributed by atoms with Crippen LogP contribution in [0, 0.1) is 5.41 Å². The van der Waals surface area contributed by atoms with Gasteiger partial charge in [-0.05, 0) is 70.9 Å². The fourth-order valence-corrected chi connectivity index (χ4v) is 7.34. The van der Waals surface area contributed by atoms with Gasteiger partial charge in [0.25, 0.3) is 0 Å². The van der Waals surface area contributed by atoms with E-state index in [1.807, 2.05) is 74.8 Å². The van der Waals surface area contributed by atoms with Crippen LogP contribution in [0.4, 0.5) is 10.6 Å². The van der Waals surface area contributed by atoms with Crippen molar-refractivity contribution in [1.29, 1.82) is 0 Å². The van der Waals surface area contributed by atoms with Gasteiger partial charge in [0, 0.05) is 41.4 Å². The number of nitrogens with zero attached hydrogens (tertiary/aromatic N) is 5. The lowest BCUT2D eigenvalue weighted by atomic mass is 9.73. The molecule has 46 heavy (non-hydrogen) atoms. The number of rotatable bonds is 7. The number of aromatic nitrogens is 4. The molecular formula is C33H39ClN6O5S. The number of fused-ring (bicyclic) bond motifs is 1. The van der Waals surface area contributed by atoms with Crippen molar-refractivity contribution in [3.63, 3.8) is 0 Å². The molecule has 0 saturated carbocycles. The Bertz CT molecular complexity index is 1720. The van der Waals surface area contributed by atoms with Gasteiger partial charge in [-0.15, -0.1) is 0 Å². The van der Waals surface area contributed by atoms with Gasteiger partial charge in [0.1, 0.15) is 22.1 Å². The predicted molar refractivity (Wildman–Crippen MR) is 177 cm³/mol. The number of hydrogen-bond acceptors (Lipinski definition) is 10. The molecule has 3 aromatic heterocycles. The summed E-state index contributed by atoms with van der Waals surface area (Å²) in [6.07, 6.45) is 6.60. The molecule has 2 N–H and O–H groups in total. The van der Waals surface area contributed by atoms with Crippen molar-refractivity contribution in [3.05, 3.63) is 59.6 Å². The van der Waals surface area contributed by atoms with Gasteiger partial charge in [0.15, 0.2) is 11.5 Å². The highest BCUT2D eigenvalue weighted by Gasteiger charge is 2.50. The minimum atomic E-state index is -0.577. The van der Waals surface area contributed by atoms with Crippen molar-refractivity contribution >= 4 is 40.9 Å². The molecule has 6 rings (SSSR count). The van der Waals surface area contributed by atoms with Crippen LogP contribution in [-0.2, 0) is 16.1 Å². The summed E-state index contributed by atoms with van der Waals surface area (Å²) in [4.78, 5) is 29.8. The van der Waals surface area contributed by atoms with Gasteiger partial charge in [-0.25, -0.2) is 19.7 Å². The molecule has 1 spiro atoms. The Balaban J connectivity index is 1.15. The number of carbonyl (C=O) groups excluding carboxylic acids is 1. The number of nitrogens with one attached hydrogen (secondary N) is 1. The second kappa shape index (κ2) is 12.9. The van der Waals surface area contributed by atoms with Gasteiger partial charge < -0.3 is 33.9 Å². The molecule has 2 fully saturated rings. The van der Waals surface area contributed by atoms with Crippen molar-refractivity contribution in [3.8, 4) is 17.0 Å². The molecule has 11 nitrogen and oxygen atoms in total. The summed E-state index contributed by atoms with van der Waals surface area (Å²) in [5, 5.41) is 14.5. The molecule has 0 bridgehead atoms. The van der Waals surface area contributed by atoms with E-state index in [1.165, 1.54) is 11.8 Å². The summed E-state index contributed by atoms with van der Waals surface area (Å²) in [7, 11) is 1.64. The maximum absolute atomic E-state index is 12.6. The maximum Gasteiger partial charge on any atom is 0.407 e. The summed E-state index contributed by atoms with van der Waals surface area (Å²) < 4.78 is 18.7. The molecule has 0 radical (unpaired) electrons. The van der Waals surface area contributed by atoms with Crippen LogP contribution in [-0.4, -0.2) is 75.1 Å². The minimum Gasteiger partial charge on any atom is -0.497 e. The van der Waals surface area contributed by atoms with E-state index in [2.05, 4.69) is 10.2 Å². The van der Waals surface area contributed by atoms with Gasteiger partial charge in [-0.2, -0.15) is 0 Å². The average Bonchev–Trinajstić information content (AvgIpc) is 3.60. The zero-order valence-electron chi connectivity index (χ0n) is 26.6. The molecule has 2 aliphatic heterocycles. The number of carbonyl (C=O) groups is 1. The summed E-state index contributed by atoms with van der Waals surface area (Å²) in [5.74, 6) is 1.44. The van der Waals surface area contributed by atoms with E-state index in [4.69, 9.17) is 40.8 Å². The van der Waals surface area contributed by atoms with E-state index in [0.717, 1.165) is 34.7 Å². The lowest BCUT2D eigenvalue weighted by molar-refractivity contribution is 0.0434. The predicted octanol–water partition coefficient (Wildman–Crippen LogP) is 6.00. The number of benzene rings is 1. The monoisotopic (exact) mass is 666 g/mol. The van der Waals surface area contributed by atoms with Crippen LogP contribution in [0.1, 0.15) is 46.2 Å². The molecule has 2 aliphatic rings. The van der Waals surface area contributed by atoms with Gasteiger partial charge in [0.05, 0.1) is 49.4 Å². The third-order valence-corrected chi connectivity index (χ3v) is 10.0. The van der Waals surface area contributed by atoms with Crippen LogP contribution in [0.5, 0.6) is 5.75 Å². The highest BCUT2D eigenvalue weighted by atomic mass is 35.5. The molecule has 1 amide bonds. The molecule has 0 unspecified atom stereocenters. The van der Waals surface area contributed by atoms with Crippen LogP contribution in [0.15, 0.2) is 58.8 Å². The van der Waals surface area contributed by atoms with E-state index < -0.39 is 11.7 Å². The van der Waals surface area contributed by atoms with Crippen molar-refractivity contribution in [2.45, 2.75) is 74.8 Å². The van der Waals surface area contributed by atoms with E-state index in [0.29, 0.717) is 46.9 Å². The normalized spacial score (nSPS) is 19.5. The fourth-order valence-electron chi connectivity index (χ4n) is 6.22. The van der Waals surface area contributed by atoms with Crippen molar-refractivity contribution < 1.29 is 24.1 Å². The number of methoxy groups -OCH3 is 1. The number of ether oxygens (including phenoxy) is 3. The Morgan fingerprint density at radius 3 is 2.61 bits per heavy atom. The lowest BCUT2D eigenvalue weighted by Crippen LogP contribution is -2.55. The molecule has 2 saturated heterocycles. The van der Waals surface area contributed by atoms with Crippen LogP contribution < -0.4 is 15.0 Å². The zero-order valence-corrected chi connectivity index (χ0v) is 28.2. The Morgan fingerprint density at radius 1 is 1.20 bits per heavy atom. The highest BCUT2D eigenvalue weighted by Crippen LogP contribution is 2.43. The number of piperidine rings is 1. The third kappa shape index (κ3) is 6.62. The van der Waals surface area contributed by atoms with E-state index in [1.54, 1.807) is 13.3 Å². The number of alkyl carbamates (subject to hydrolysis) is 1. The largest absolute Gasteiger partial charge is 0.497 e. The standard InChI is InChI=1S/C33H39ClN6O5S/c1-20-28(38-31(42)45-32(2,3)4)33(19-44-20)11-14-39(15-12-33)29-24(18-41)36-26(16-35-29)46-25-10-13-40-17-23(37-30(40)27(25)34)21-6-8-22(43-5)9-7-21/h6-10,13,16-17,20,28,41H,11-12,14-15,18-19H2,1-5H3,(H,38,42)/t20-,28+/m0/s1. The number of anilines is 1. The van der Waals surface area contributed by atoms with Crippen molar-refractivity contribution in [2.24, 2.45) is 5.41 Å². The van der Waals surface area contributed by atoms with Gasteiger partial charge in [0.2, 0.25) is 0 Å². The lowest BCUT2D eigenvalue weighted by Gasteiger charge is -2.43. The van der Waals surface area contributed by atoms with Crippen LogP contribution in [0.3, 0.4) is 0 Å². The minimum absolute atomic E-state index is 0.120. The summed E-state index contributed by atoms with van der Waals surface area (Å²) >= 11 is 8.21.